The first-order valence-electron chi connectivity index (χ1n) is 6.45. The van der Waals surface area contributed by atoms with E-state index in [0.29, 0.717) is 5.82 Å². The summed E-state index contributed by atoms with van der Waals surface area (Å²) in [4.78, 5) is 11.9. The second kappa shape index (κ2) is 5.63. The van der Waals surface area contributed by atoms with Gasteiger partial charge in [0.05, 0.1) is 6.20 Å². The number of nitrogens with zero attached hydrogens (tertiary/aromatic N) is 4. The summed E-state index contributed by atoms with van der Waals surface area (Å²) in [6.07, 6.45) is 2.58. The number of hydrogen-bond acceptors (Lipinski definition) is 4. The maximum absolute atomic E-state index is 13.6. The van der Waals surface area contributed by atoms with Gasteiger partial charge in [0.25, 0.3) is 0 Å². The van der Waals surface area contributed by atoms with Crippen LogP contribution in [0.25, 0.3) is 0 Å². The van der Waals surface area contributed by atoms with Crippen molar-refractivity contribution >= 4 is 23.1 Å². The molecule has 2 aromatic rings. The van der Waals surface area contributed by atoms with Crippen molar-refractivity contribution in [3.05, 3.63) is 47.6 Å². The molecule has 6 heteroatoms. The molecule has 1 aromatic carbocycles. The van der Waals surface area contributed by atoms with E-state index in [1.165, 1.54) is 12.5 Å². The fraction of sp³-hybridized carbons (Fsp3) is 0.286. The van der Waals surface area contributed by atoms with Crippen molar-refractivity contribution in [2.45, 2.75) is 0 Å². The number of piperazine rings is 1. The summed E-state index contributed by atoms with van der Waals surface area (Å²) in [6, 6.07) is 7.78. The number of aromatic nitrogens is 2. The lowest BCUT2D eigenvalue weighted by Gasteiger charge is -2.36. The molecule has 3 rings (SSSR count). The Kier molecular flexibility index (Phi) is 3.69. The monoisotopic (exact) mass is 292 g/mol. The summed E-state index contributed by atoms with van der Waals surface area (Å²) >= 11 is 6.01. The SMILES string of the molecule is Fc1cncnc1N1CCN(c2cccc(Cl)c2)CC1. The largest absolute Gasteiger partial charge is 0.368 e. The summed E-state index contributed by atoms with van der Waals surface area (Å²) < 4.78 is 13.6. The van der Waals surface area contributed by atoms with E-state index in [0.717, 1.165) is 36.9 Å². The van der Waals surface area contributed by atoms with E-state index in [4.69, 9.17) is 11.6 Å². The normalized spacial score (nSPS) is 15.5. The predicted octanol–water partition coefficient (Wildman–Crippen LogP) is 2.60. The molecule has 2 heterocycles. The minimum Gasteiger partial charge on any atom is -0.368 e. The van der Waals surface area contributed by atoms with Gasteiger partial charge in [0.2, 0.25) is 0 Å². The molecule has 0 spiro atoms. The summed E-state index contributed by atoms with van der Waals surface area (Å²) in [5.74, 6) is 0.00875. The molecule has 20 heavy (non-hydrogen) atoms. The van der Waals surface area contributed by atoms with E-state index in [-0.39, 0.29) is 5.82 Å². The van der Waals surface area contributed by atoms with E-state index in [2.05, 4.69) is 14.9 Å². The van der Waals surface area contributed by atoms with Crippen LogP contribution in [0.4, 0.5) is 15.9 Å². The van der Waals surface area contributed by atoms with Gasteiger partial charge in [-0.15, -0.1) is 0 Å². The molecule has 1 aliphatic rings. The van der Waals surface area contributed by atoms with Crippen LogP contribution in [0.1, 0.15) is 0 Å². The Bertz CT molecular complexity index is 599. The molecule has 1 aliphatic heterocycles. The molecule has 0 amide bonds. The molecule has 1 saturated heterocycles. The van der Waals surface area contributed by atoms with Gasteiger partial charge in [-0.2, -0.15) is 0 Å². The number of halogens is 2. The molecule has 0 bridgehead atoms. The van der Waals surface area contributed by atoms with Gasteiger partial charge < -0.3 is 9.80 Å². The molecule has 0 atom stereocenters. The second-order valence-electron chi connectivity index (χ2n) is 4.65. The van der Waals surface area contributed by atoms with Crippen molar-refractivity contribution in [1.82, 2.24) is 9.97 Å². The van der Waals surface area contributed by atoms with Crippen LogP contribution in [0.5, 0.6) is 0 Å². The van der Waals surface area contributed by atoms with E-state index in [9.17, 15) is 4.39 Å². The maximum atomic E-state index is 13.6. The average molecular weight is 293 g/mol. The van der Waals surface area contributed by atoms with Crippen molar-refractivity contribution in [2.24, 2.45) is 0 Å². The molecular formula is C14H14ClFN4. The predicted molar refractivity (Wildman–Crippen MR) is 77.9 cm³/mol. The second-order valence-corrected chi connectivity index (χ2v) is 5.08. The van der Waals surface area contributed by atoms with Crippen LogP contribution in [-0.4, -0.2) is 36.1 Å². The first kappa shape index (κ1) is 13.1. The minimum absolute atomic E-state index is 0.372. The van der Waals surface area contributed by atoms with Crippen LogP contribution in [0.2, 0.25) is 5.02 Å². The number of rotatable bonds is 2. The van der Waals surface area contributed by atoms with Crippen molar-refractivity contribution in [1.29, 1.82) is 0 Å². The number of hydrogen-bond donors (Lipinski definition) is 0. The zero-order valence-corrected chi connectivity index (χ0v) is 11.6. The van der Waals surface area contributed by atoms with Crippen molar-refractivity contribution in [3.63, 3.8) is 0 Å². The number of anilines is 2. The van der Waals surface area contributed by atoms with Gasteiger partial charge in [-0.1, -0.05) is 17.7 Å². The maximum Gasteiger partial charge on any atom is 0.183 e. The Morgan fingerprint density at radius 1 is 1.10 bits per heavy atom. The van der Waals surface area contributed by atoms with Gasteiger partial charge in [0, 0.05) is 36.9 Å². The lowest BCUT2D eigenvalue weighted by molar-refractivity contribution is 0.582. The van der Waals surface area contributed by atoms with E-state index >= 15 is 0 Å². The fourth-order valence-electron chi connectivity index (χ4n) is 2.39. The highest BCUT2D eigenvalue weighted by atomic mass is 35.5. The topological polar surface area (TPSA) is 32.3 Å². The molecule has 104 valence electrons. The van der Waals surface area contributed by atoms with Crippen LogP contribution in [0.3, 0.4) is 0 Å². The standard InChI is InChI=1S/C14H14ClFN4/c15-11-2-1-3-12(8-11)19-4-6-20(7-5-19)14-13(16)9-17-10-18-14/h1-3,8-10H,4-7H2. The van der Waals surface area contributed by atoms with Gasteiger partial charge in [-0.05, 0) is 18.2 Å². The molecule has 0 radical (unpaired) electrons. The van der Waals surface area contributed by atoms with E-state index in [1.54, 1.807) is 0 Å². The lowest BCUT2D eigenvalue weighted by Crippen LogP contribution is -2.47. The van der Waals surface area contributed by atoms with Gasteiger partial charge in [0.1, 0.15) is 6.33 Å². The van der Waals surface area contributed by atoms with Crippen molar-refractivity contribution < 1.29 is 4.39 Å². The summed E-state index contributed by atoms with van der Waals surface area (Å²) in [6.45, 7) is 3.06. The molecule has 1 fully saturated rings. The molecule has 0 unspecified atom stereocenters. The summed E-state index contributed by atoms with van der Waals surface area (Å²) in [7, 11) is 0. The molecule has 0 N–H and O–H groups in total. The van der Waals surface area contributed by atoms with Gasteiger partial charge >= 0.3 is 0 Å². The van der Waals surface area contributed by atoms with Crippen molar-refractivity contribution in [3.8, 4) is 0 Å². The van der Waals surface area contributed by atoms with Crippen LogP contribution >= 0.6 is 11.6 Å². The summed E-state index contributed by atoms with van der Waals surface area (Å²) in [5, 5.41) is 0.728. The zero-order chi connectivity index (χ0) is 13.9. The minimum atomic E-state index is -0.372. The Balaban J connectivity index is 1.70. The van der Waals surface area contributed by atoms with E-state index < -0.39 is 0 Å². The highest BCUT2D eigenvalue weighted by molar-refractivity contribution is 6.30. The Morgan fingerprint density at radius 3 is 2.55 bits per heavy atom. The lowest BCUT2D eigenvalue weighted by atomic mass is 10.2. The Morgan fingerprint density at radius 2 is 1.85 bits per heavy atom. The molecular weight excluding hydrogens is 279 g/mol. The van der Waals surface area contributed by atoms with Gasteiger partial charge in [0.15, 0.2) is 11.6 Å². The Hall–Kier alpha value is -1.88. The van der Waals surface area contributed by atoms with Crippen molar-refractivity contribution in [2.75, 3.05) is 36.0 Å². The highest BCUT2D eigenvalue weighted by Crippen LogP contribution is 2.22. The summed E-state index contributed by atoms with van der Waals surface area (Å²) in [5.41, 5.74) is 1.10. The van der Waals surface area contributed by atoms with Crippen LogP contribution in [-0.2, 0) is 0 Å². The third-order valence-corrected chi connectivity index (χ3v) is 3.64. The zero-order valence-electron chi connectivity index (χ0n) is 10.8. The Labute approximate surface area is 121 Å². The first-order chi connectivity index (χ1) is 9.74. The smallest absolute Gasteiger partial charge is 0.183 e. The molecule has 0 aliphatic carbocycles. The van der Waals surface area contributed by atoms with Gasteiger partial charge in [-0.3, -0.25) is 0 Å². The highest BCUT2D eigenvalue weighted by Gasteiger charge is 2.20. The van der Waals surface area contributed by atoms with Crippen LogP contribution in [0.15, 0.2) is 36.8 Å². The van der Waals surface area contributed by atoms with Gasteiger partial charge in [-0.25, -0.2) is 14.4 Å². The number of benzene rings is 1. The third kappa shape index (κ3) is 2.67. The molecule has 4 nitrogen and oxygen atoms in total. The molecule has 0 saturated carbocycles. The fourth-order valence-corrected chi connectivity index (χ4v) is 2.57. The first-order valence-corrected chi connectivity index (χ1v) is 6.83. The van der Waals surface area contributed by atoms with E-state index in [1.807, 2.05) is 29.2 Å². The third-order valence-electron chi connectivity index (χ3n) is 3.40. The van der Waals surface area contributed by atoms with Crippen LogP contribution in [0, 0.1) is 5.82 Å². The quantitative estimate of drug-likeness (QED) is 0.852. The van der Waals surface area contributed by atoms with Crippen LogP contribution < -0.4 is 9.80 Å². The average Bonchev–Trinajstić information content (AvgIpc) is 2.48. The molecule has 1 aromatic heterocycles.